The highest BCUT2D eigenvalue weighted by Gasteiger charge is 2.16. The first-order chi connectivity index (χ1) is 5.37. The van der Waals surface area contributed by atoms with Crippen LogP contribution >= 0.6 is 0 Å². The van der Waals surface area contributed by atoms with E-state index in [0.29, 0.717) is 18.2 Å². The lowest BCUT2D eigenvalue weighted by atomic mass is 10.2. The normalized spacial score (nSPS) is 11.0. The van der Waals surface area contributed by atoms with Gasteiger partial charge in [0, 0.05) is 5.57 Å². The summed E-state index contributed by atoms with van der Waals surface area (Å²) in [6.45, 7) is 12.0. The Labute approximate surface area is 75.6 Å². The van der Waals surface area contributed by atoms with Crippen molar-refractivity contribution >= 4 is 14.0 Å². The number of ether oxygens (including phenoxy) is 1. The first-order valence-electron chi connectivity index (χ1n) is 4.21. The van der Waals surface area contributed by atoms with Crippen molar-refractivity contribution in [2.45, 2.75) is 33.0 Å². The molecule has 0 saturated heterocycles. The second kappa shape index (κ2) is 4.45. The average molecular weight is 186 g/mol. The zero-order valence-corrected chi connectivity index (χ0v) is 9.44. The average Bonchev–Trinajstić information content (AvgIpc) is 1.97. The van der Waals surface area contributed by atoms with Gasteiger partial charge in [0.2, 0.25) is 0 Å². The van der Waals surface area contributed by atoms with E-state index in [2.05, 4.69) is 26.2 Å². The first kappa shape index (κ1) is 11.4. The molecule has 0 rings (SSSR count). The molecule has 0 spiro atoms. The highest BCUT2D eigenvalue weighted by molar-refractivity contribution is 6.76. The van der Waals surface area contributed by atoms with E-state index in [0.717, 1.165) is 0 Å². The van der Waals surface area contributed by atoms with Crippen molar-refractivity contribution < 1.29 is 9.53 Å². The van der Waals surface area contributed by atoms with Crippen molar-refractivity contribution in [3.8, 4) is 0 Å². The number of hydrogen-bond donors (Lipinski definition) is 0. The Morgan fingerprint density at radius 1 is 1.42 bits per heavy atom. The summed E-state index contributed by atoms with van der Waals surface area (Å²) in [7, 11) is -1.26. The predicted octanol–water partition coefficient (Wildman–Crippen LogP) is 2.37. The third-order valence-electron chi connectivity index (χ3n) is 1.35. The third-order valence-corrected chi connectivity index (χ3v) is 2.36. The van der Waals surface area contributed by atoms with Gasteiger partial charge in [-0.2, -0.15) is 0 Å². The molecule has 0 heterocycles. The van der Waals surface area contributed by atoms with E-state index in [-0.39, 0.29) is 5.97 Å². The smallest absolute Gasteiger partial charge is 0.333 e. The zero-order valence-electron chi connectivity index (χ0n) is 8.44. The Hall–Kier alpha value is -0.573. The maximum atomic E-state index is 11.1. The van der Waals surface area contributed by atoms with Crippen LogP contribution in [0.25, 0.3) is 0 Å². The molecule has 0 aromatic rings. The van der Waals surface area contributed by atoms with Gasteiger partial charge in [-0.15, -0.1) is 0 Å². The Bertz CT molecular complexity index is 179. The lowest BCUT2D eigenvalue weighted by Crippen LogP contribution is -2.30. The van der Waals surface area contributed by atoms with E-state index >= 15 is 0 Å². The molecule has 0 aromatic carbocycles. The summed E-state index contributed by atoms with van der Waals surface area (Å²) >= 11 is 0. The van der Waals surface area contributed by atoms with Crippen LogP contribution in [0.4, 0.5) is 0 Å². The van der Waals surface area contributed by atoms with Crippen molar-refractivity contribution in [3.63, 3.8) is 0 Å². The summed E-state index contributed by atoms with van der Waals surface area (Å²) in [5.41, 5.74) is 0.563. The molecule has 0 fully saturated rings. The molecule has 0 saturated carbocycles. The Morgan fingerprint density at radius 3 is 2.25 bits per heavy atom. The minimum absolute atomic E-state index is 0.236. The van der Waals surface area contributed by atoms with Gasteiger partial charge in [0.1, 0.15) is 0 Å². The molecular formula is C9H18O2Si. The molecule has 0 N–H and O–H groups in total. The van der Waals surface area contributed by atoms with Crippen LogP contribution in [0, 0.1) is 0 Å². The number of carbonyl (C=O) groups is 1. The molecule has 2 nitrogen and oxygen atoms in total. The highest BCUT2D eigenvalue weighted by Crippen LogP contribution is 2.04. The summed E-state index contributed by atoms with van der Waals surface area (Å²) in [5, 5.41) is 0. The van der Waals surface area contributed by atoms with Crippen molar-refractivity contribution in [3.05, 3.63) is 12.2 Å². The molecule has 0 bridgehead atoms. The number of esters is 1. The third kappa shape index (κ3) is 5.13. The van der Waals surface area contributed by atoms with E-state index in [1.165, 1.54) is 0 Å². The van der Waals surface area contributed by atoms with Crippen LogP contribution in [0.1, 0.15) is 13.3 Å². The van der Waals surface area contributed by atoms with Crippen LogP contribution in [-0.4, -0.2) is 20.3 Å². The van der Waals surface area contributed by atoms with E-state index in [9.17, 15) is 4.79 Å². The lowest BCUT2D eigenvalue weighted by molar-refractivity contribution is -0.137. The van der Waals surface area contributed by atoms with Gasteiger partial charge in [0.15, 0.2) is 0 Å². The molecule has 12 heavy (non-hydrogen) atoms. The van der Waals surface area contributed by atoms with Crippen molar-refractivity contribution in [2.24, 2.45) is 0 Å². The van der Waals surface area contributed by atoms with Crippen LogP contribution in [0.2, 0.25) is 19.6 Å². The largest absolute Gasteiger partial charge is 0.466 e. The molecule has 0 amide bonds. The molecule has 70 valence electrons. The molecule has 0 aliphatic heterocycles. The fourth-order valence-corrected chi connectivity index (χ4v) is 1.09. The van der Waals surface area contributed by atoms with Gasteiger partial charge in [-0.3, -0.25) is 0 Å². The Morgan fingerprint density at radius 2 is 1.92 bits per heavy atom. The van der Waals surface area contributed by atoms with Crippen molar-refractivity contribution in [2.75, 3.05) is 6.23 Å². The highest BCUT2D eigenvalue weighted by atomic mass is 28.3. The fraction of sp³-hybridized carbons (Fsp3) is 0.667. The SMILES string of the molecule is C=C(CC)C(=O)OC[Si](C)(C)C. The van der Waals surface area contributed by atoms with Crippen LogP contribution in [0.3, 0.4) is 0 Å². The Balaban J connectivity index is 3.80. The molecule has 0 aliphatic rings. The zero-order chi connectivity index (χ0) is 9.78. The van der Waals surface area contributed by atoms with Gasteiger partial charge in [-0.1, -0.05) is 33.1 Å². The molecule has 0 unspecified atom stereocenters. The number of carbonyl (C=O) groups excluding carboxylic acids is 1. The summed E-state index contributed by atoms with van der Waals surface area (Å²) in [5.74, 6) is -0.236. The minimum Gasteiger partial charge on any atom is -0.466 e. The van der Waals surface area contributed by atoms with E-state index in [1.54, 1.807) is 0 Å². The quantitative estimate of drug-likeness (QED) is 0.383. The van der Waals surface area contributed by atoms with Crippen LogP contribution in [0.15, 0.2) is 12.2 Å². The molecule has 0 aromatic heterocycles. The summed E-state index contributed by atoms with van der Waals surface area (Å²) < 4.78 is 5.08. The summed E-state index contributed by atoms with van der Waals surface area (Å²) in [6.07, 6.45) is 1.26. The van der Waals surface area contributed by atoms with E-state index < -0.39 is 8.07 Å². The topological polar surface area (TPSA) is 26.3 Å². The minimum atomic E-state index is -1.26. The van der Waals surface area contributed by atoms with Crippen molar-refractivity contribution in [1.82, 2.24) is 0 Å². The fourth-order valence-electron chi connectivity index (χ4n) is 0.528. The predicted molar refractivity (Wildman–Crippen MR) is 53.7 cm³/mol. The Kier molecular flexibility index (Phi) is 4.24. The van der Waals surface area contributed by atoms with E-state index in [4.69, 9.17) is 4.74 Å². The van der Waals surface area contributed by atoms with Gasteiger partial charge in [0.25, 0.3) is 0 Å². The second-order valence-corrected chi connectivity index (χ2v) is 9.50. The maximum absolute atomic E-state index is 11.1. The molecule has 0 aliphatic carbocycles. The standard InChI is InChI=1S/C9H18O2Si/c1-6-8(2)9(10)11-7-12(3,4)5/h2,6-7H2,1,3-5H3. The molecule has 0 atom stereocenters. The van der Waals surface area contributed by atoms with Gasteiger partial charge in [0.05, 0.1) is 14.3 Å². The number of hydrogen-bond acceptors (Lipinski definition) is 2. The first-order valence-corrected chi connectivity index (χ1v) is 7.92. The monoisotopic (exact) mass is 186 g/mol. The number of rotatable bonds is 4. The maximum Gasteiger partial charge on any atom is 0.333 e. The molecule has 0 radical (unpaired) electrons. The summed E-state index contributed by atoms with van der Waals surface area (Å²) in [4.78, 5) is 11.1. The van der Waals surface area contributed by atoms with Crippen LogP contribution in [0.5, 0.6) is 0 Å². The van der Waals surface area contributed by atoms with Crippen LogP contribution < -0.4 is 0 Å². The van der Waals surface area contributed by atoms with Gasteiger partial charge in [-0.05, 0) is 6.42 Å². The molecular weight excluding hydrogens is 168 g/mol. The van der Waals surface area contributed by atoms with Crippen LogP contribution in [-0.2, 0) is 9.53 Å². The second-order valence-electron chi connectivity index (χ2n) is 4.09. The lowest BCUT2D eigenvalue weighted by Gasteiger charge is -2.15. The molecule has 3 heteroatoms. The van der Waals surface area contributed by atoms with E-state index in [1.807, 2.05) is 6.92 Å². The van der Waals surface area contributed by atoms with Crippen molar-refractivity contribution in [1.29, 1.82) is 0 Å². The van der Waals surface area contributed by atoms with Gasteiger partial charge < -0.3 is 4.74 Å². The van der Waals surface area contributed by atoms with Gasteiger partial charge in [-0.25, -0.2) is 4.79 Å². The van der Waals surface area contributed by atoms with Gasteiger partial charge >= 0.3 is 5.97 Å². The summed E-state index contributed by atoms with van der Waals surface area (Å²) in [6, 6.07) is 0.